The molecule has 0 unspecified atom stereocenters. The minimum atomic E-state index is -0.0996. The van der Waals surface area contributed by atoms with E-state index in [9.17, 15) is 9.59 Å². The van der Waals surface area contributed by atoms with Gasteiger partial charge in [0.15, 0.2) is 12.9 Å². The molecule has 0 radical (unpaired) electrons. The van der Waals surface area contributed by atoms with E-state index in [4.69, 9.17) is 4.74 Å². The molecule has 2 rings (SSSR count). The van der Waals surface area contributed by atoms with Gasteiger partial charge in [0.05, 0.1) is 0 Å². The summed E-state index contributed by atoms with van der Waals surface area (Å²) in [4.78, 5) is 22.8. The number of nitrogens with one attached hydrogen (secondary N) is 1. The molecule has 0 aromatic heterocycles. The molecule has 1 aromatic carbocycles. The summed E-state index contributed by atoms with van der Waals surface area (Å²) >= 11 is 3.28. The van der Waals surface area contributed by atoms with Gasteiger partial charge >= 0.3 is 0 Å². The van der Waals surface area contributed by atoms with Crippen molar-refractivity contribution in [2.45, 2.75) is 44.6 Å². The Morgan fingerprint density at radius 3 is 2.67 bits per heavy atom. The Hall–Kier alpha value is -1.36. The second-order valence-corrected chi connectivity index (χ2v) is 6.20. The van der Waals surface area contributed by atoms with Crippen LogP contribution >= 0.6 is 15.9 Å². The van der Waals surface area contributed by atoms with Crippen molar-refractivity contribution in [3.05, 3.63) is 28.2 Å². The molecule has 1 fully saturated rings. The molecule has 1 aromatic rings. The van der Waals surface area contributed by atoms with Crippen LogP contribution in [-0.4, -0.2) is 24.8 Å². The highest BCUT2D eigenvalue weighted by atomic mass is 79.9. The van der Waals surface area contributed by atoms with Crippen LogP contribution in [0.2, 0.25) is 0 Å². The number of carbonyl (C=O) groups excluding carboxylic acids is 2. The molecule has 1 aliphatic carbocycles. The van der Waals surface area contributed by atoms with Crippen LogP contribution < -0.4 is 10.1 Å². The molecule has 1 amide bonds. The molecule has 0 saturated heterocycles. The topological polar surface area (TPSA) is 55.4 Å². The molecule has 0 aliphatic heterocycles. The number of halogens is 1. The number of rotatable bonds is 5. The van der Waals surface area contributed by atoms with Crippen LogP contribution in [0, 0.1) is 0 Å². The highest BCUT2D eigenvalue weighted by Crippen LogP contribution is 2.21. The van der Waals surface area contributed by atoms with Crippen molar-refractivity contribution in [2.24, 2.45) is 0 Å². The van der Waals surface area contributed by atoms with Gasteiger partial charge in [-0.1, -0.05) is 41.6 Å². The van der Waals surface area contributed by atoms with Crippen LogP contribution in [0.15, 0.2) is 22.7 Å². The van der Waals surface area contributed by atoms with Crippen molar-refractivity contribution in [1.82, 2.24) is 5.32 Å². The Balaban J connectivity index is 1.81. The predicted octanol–water partition coefficient (Wildman–Crippen LogP) is 3.48. The van der Waals surface area contributed by atoms with Gasteiger partial charge in [-0.15, -0.1) is 0 Å². The maximum Gasteiger partial charge on any atom is 0.258 e. The zero-order valence-corrected chi connectivity index (χ0v) is 13.5. The Morgan fingerprint density at radius 1 is 1.29 bits per heavy atom. The summed E-state index contributed by atoms with van der Waals surface area (Å²) in [6.45, 7) is -0.0174. The Morgan fingerprint density at radius 2 is 2.00 bits per heavy atom. The summed E-state index contributed by atoms with van der Waals surface area (Å²) in [5.41, 5.74) is 0.511. The predicted molar refractivity (Wildman–Crippen MR) is 84.7 cm³/mol. The normalized spacial score (nSPS) is 16.0. The molecule has 1 aliphatic rings. The standard InChI is InChI=1S/C16H20BrNO3/c17-15-8-7-14(9-12(15)10-19)21-11-16(20)18-13-5-3-1-2-4-6-13/h7-10,13H,1-6,11H2,(H,18,20). The lowest BCUT2D eigenvalue weighted by molar-refractivity contribution is -0.123. The van der Waals surface area contributed by atoms with Gasteiger partial charge in [-0.05, 0) is 31.0 Å². The van der Waals surface area contributed by atoms with Crippen molar-refractivity contribution < 1.29 is 14.3 Å². The third-order valence-corrected chi connectivity index (χ3v) is 4.41. The molecule has 4 nitrogen and oxygen atoms in total. The summed E-state index contributed by atoms with van der Waals surface area (Å²) in [5.74, 6) is 0.425. The van der Waals surface area contributed by atoms with E-state index in [-0.39, 0.29) is 18.6 Å². The van der Waals surface area contributed by atoms with Crippen molar-refractivity contribution in [3.63, 3.8) is 0 Å². The van der Waals surface area contributed by atoms with E-state index in [0.29, 0.717) is 15.8 Å². The lowest BCUT2D eigenvalue weighted by Crippen LogP contribution is -2.37. The third-order valence-electron chi connectivity index (χ3n) is 3.68. The summed E-state index contributed by atoms with van der Waals surface area (Å²) in [5, 5.41) is 3.03. The summed E-state index contributed by atoms with van der Waals surface area (Å²) in [7, 11) is 0. The number of hydrogen-bond acceptors (Lipinski definition) is 3. The maximum atomic E-state index is 11.9. The van der Waals surface area contributed by atoms with Crippen LogP contribution in [0.1, 0.15) is 48.9 Å². The molecule has 0 atom stereocenters. The van der Waals surface area contributed by atoms with Crippen LogP contribution in [0.25, 0.3) is 0 Å². The molecule has 0 heterocycles. The Bertz CT molecular complexity index is 496. The molecule has 1 N–H and O–H groups in total. The lowest BCUT2D eigenvalue weighted by Gasteiger charge is -2.16. The van der Waals surface area contributed by atoms with E-state index in [1.165, 1.54) is 25.7 Å². The smallest absolute Gasteiger partial charge is 0.258 e. The molecule has 0 bridgehead atoms. The third kappa shape index (κ3) is 5.16. The van der Waals surface area contributed by atoms with E-state index < -0.39 is 0 Å². The monoisotopic (exact) mass is 353 g/mol. The minimum Gasteiger partial charge on any atom is -0.484 e. The number of amides is 1. The first-order valence-corrected chi connectivity index (χ1v) is 8.15. The summed E-state index contributed by atoms with van der Waals surface area (Å²) in [6, 6.07) is 5.37. The average molecular weight is 354 g/mol. The van der Waals surface area contributed by atoms with Gasteiger partial charge in [-0.3, -0.25) is 9.59 Å². The van der Waals surface area contributed by atoms with Crippen molar-refractivity contribution in [1.29, 1.82) is 0 Å². The highest BCUT2D eigenvalue weighted by Gasteiger charge is 2.15. The first-order chi connectivity index (χ1) is 10.2. The second kappa shape index (κ2) is 8.17. The zero-order valence-electron chi connectivity index (χ0n) is 11.9. The second-order valence-electron chi connectivity index (χ2n) is 5.35. The first-order valence-electron chi connectivity index (χ1n) is 7.36. The number of aldehydes is 1. The van der Waals surface area contributed by atoms with Crippen LogP contribution in [0.3, 0.4) is 0 Å². The molecule has 21 heavy (non-hydrogen) atoms. The van der Waals surface area contributed by atoms with Gasteiger partial charge in [0.2, 0.25) is 0 Å². The molecule has 5 heteroatoms. The number of carbonyl (C=O) groups is 2. The largest absolute Gasteiger partial charge is 0.484 e. The summed E-state index contributed by atoms with van der Waals surface area (Å²) in [6.07, 6.45) is 7.75. The molecular weight excluding hydrogens is 334 g/mol. The summed E-state index contributed by atoms with van der Waals surface area (Å²) < 4.78 is 6.16. The Kier molecular flexibility index (Phi) is 6.23. The number of benzene rings is 1. The van der Waals surface area contributed by atoms with Gasteiger partial charge in [-0.25, -0.2) is 0 Å². The lowest BCUT2D eigenvalue weighted by atomic mass is 10.1. The fourth-order valence-corrected chi connectivity index (χ4v) is 2.88. The van der Waals surface area contributed by atoms with E-state index in [0.717, 1.165) is 19.1 Å². The van der Waals surface area contributed by atoms with Gasteiger partial charge < -0.3 is 10.1 Å². The molecule has 114 valence electrons. The maximum absolute atomic E-state index is 11.9. The van der Waals surface area contributed by atoms with Gasteiger partial charge in [0.1, 0.15) is 5.75 Å². The number of hydrogen-bond donors (Lipinski definition) is 1. The van der Waals surface area contributed by atoms with Crippen molar-refractivity contribution in [3.8, 4) is 5.75 Å². The first kappa shape index (κ1) is 16.0. The Labute approximate surface area is 133 Å². The molecular formula is C16H20BrNO3. The van der Waals surface area contributed by atoms with Gasteiger partial charge in [0.25, 0.3) is 5.91 Å². The minimum absolute atomic E-state index is 0.0174. The van der Waals surface area contributed by atoms with Gasteiger partial charge in [-0.2, -0.15) is 0 Å². The number of ether oxygens (including phenoxy) is 1. The quantitative estimate of drug-likeness (QED) is 0.651. The molecule has 1 saturated carbocycles. The van der Waals surface area contributed by atoms with E-state index in [1.54, 1.807) is 18.2 Å². The fourth-order valence-electron chi connectivity index (χ4n) is 2.54. The zero-order chi connectivity index (χ0) is 15.1. The van der Waals surface area contributed by atoms with Crippen molar-refractivity contribution >= 4 is 28.1 Å². The van der Waals surface area contributed by atoms with Gasteiger partial charge in [0, 0.05) is 16.1 Å². The SMILES string of the molecule is O=Cc1cc(OCC(=O)NC2CCCCCC2)ccc1Br. The van der Waals surface area contributed by atoms with E-state index in [1.807, 2.05) is 0 Å². The fraction of sp³-hybridized carbons (Fsp3) is 0.500. The van der Waals surface area contributed by atoms with Crippen LogP contribution in [0.4, 0.5) is 0 Å². The molecule has 0 spiro atoms. The van der Waals surface area contributed by atoms with E-state index in [2.05, 4.69) is 21.2 Å². The van der Waals surface area contributed by atoms with Crippen LogP contribution in [0.5, 0.6) is 5.75 Å². The van der Waals surface area contributed by atoms with Crippen LogP contribution in [-0.2, 0) is 4.79 Å². The van der Waals surface area contributed by atoms with E-state index >= 15 is 0 Å². The van der Waals surface area contributed by atoms with Crippen molar-refractivity contribution in [2.75, 3.05) is 6.61 Å². The average Bonchev–Trinajstić information content (AvgIpc) is 2.75. The highest BCUT2D eigenvalue weighted by molar-refractivity contribution is 9.10.